The minimum absolute atomic E-state index is 0.156. The summed E-state index contributed by atoms with van der Waals surface area (Å²) in [6.07, 6.45) is 1.30. The Kier molecular flexibility index (Phi) is 5.53. The number of hydrogen-bond acceptors (Lipinski definition) is 3. The predicted molar refractivity (Wildman–Crippen MR) is 54.2 cm³/mol. The fourth-order valence-electron chi connectivity index (χ4n) is 1.28. The molecule has 0 aliphatic carbocycles. The summed E-state index contributed by atoms with van der Waals surface area (Å²) in [5.74, 6) is -0.970. The summed E-state index contributed by atoms with van der Waals surface area (Å²) < 4.78 is 4.62. The summed E-state index contributed by atoms with van der Waals surface area (Å²) in [5.41, 5.74) is -0.963. The maximum absolute atomic E-state index is 11.4. The number of alkyl halides is 1. The highest BCUT2D eigenvalue weighted by Crippen LogP contribution is 2.14. The highest BCUT2D eigenvalue weighted by Gasteiger charge is 2.34. The van der Waals surface area contributed by atoms with E-state index in [2.05, 4.69) is 10.1 Å². The van der Waals surface area contributed by atoms with E-state index >= 15 is 0 Å². The molecule has 1 N–H and O–H groups in total. The maximum atomic E-state index is 11.4. The van der Waals surface area contributed by atoms with Crippen molar-refractivity contribution in [3.05, 3.63) is 0 Å². The molecule has 1 atom stereocenters. The predicted octanol–water partition coefficient (Wildman–Crippen LogP) is 1.07. The molecule has 0 aromatic carbocycles. The lowest BCUT2D eigenvalue weighted by Crippen LogP contribution is -2.53. The van der Waals surface area contributed by atoms with Crippen molar-refractivity contribution in [1.29, 1.82) is 0 Å². The number of hydrogen-bond donors (Lipinski definition) is 1. The highest BCUT2D eigenvalue weighted by atomic mass is 35.5. The van der Waals surface area contributed by atoms with Gasteiger partial charge in [0.15, 0.2) is 0 Å². The molecule has 1 amide bonds. The molecule has 0 aliphatic rings. The number of esters is 1. The van der Waals surface area contributed by atoms with Crippen LogP contribution in [0.15, 0.2) is 0 Å². The summed E-state index contributed by atoms with van der Waals surface area (Å²) >= 11 is 5.34. The number of rotatable bonds is 5. The van der Waals surface area contributed by atoms with Gasteiger partial charge in [0.05, 0.1) is 7.11 Å². The van der Waals surface area contributed by atoms with Crippen LogP contribution in [0.4, 0.5) is 0 Å². The molecule has 4 nitrogen and oxygen atoms in total. The van der Waals surface area contributed by atoms with Gasteiger partial charge in [0.1, 0.15) is 11.4 Å². The van der Waals surface area contributed by atoms with Gasteiger partial charge in [-0.3, -0.25) is 4.79 Å². The lowest BCUT2D eigenvalue weighted by Gasteiger charge is -2.27. The molecule has 0 rings (SSSR count). The van der Waals surface area contributed by atoms with E-state index in [1.54, 1.807) is 6.92 Å². The number of carbonyl (C=O) groups excluding carboxylic acids is 2. The Balaban J connectivity index is 4.54. The quantitative estimate of drug-likeness (QED) is 0.558. The Morgan fingerprint density at radius 3 is 2.43 bits per heavy atom. The van der Waals surface area contributed by atoms with Crippen LogP contribution in [-0.4, -0.2) is 30.4 Å². The largest absolute Gasteiger partial charge is 0.467 e. The standard InChI is InChI=1S/C9H16ClNO3/c1-4-5-9(2,8(13)14-3)11-7(12)6-10/h4-6H2,1-3H3,(H,11,12)/t9-/m0/s1. The summed E-state index contributed by atoms with van der Waals surface area (Å²) in [6.45, 7) is 3.56. The number of halogens is 1. The molecule has 0 aromatic rings. The summed E-state index contributed by atoms with van der Waals surface area (Å²) in [6, 6.07) is 0. The maximum Gasteiger partial charge on any atom is 0.331 e. The van der Waals surface area contributed by atoms with E-state index < -0.39 is 11.5 Å². The molecule has 0 radical (unpaired) electrons. The second-order valence-electron chi connectivity index (χ2n) is 3.26. The van der Waals surface area contributed by atoms with E-state index in [9.17, 15) is 9.59 Å². The Bertz CT molecular complexity index is 220. The number of methoxy groups -OCH3 is 1. The van der Waals surface area contributed by atoms with Crippen LogP contribution in [0.5, 0.6) is 0 Å². The third-order valence-corrected chi connectivity index (χ3v) is 2.17. The Morgan fingerprint density at radius 2 is 2.07 bits per heavy atom. The van der Waals surface area contributed by atoms with Crippen LogP contribution in [-0.2, 0) is 14.3 Å². The zero-order chi connectivity index (χ0) is 11.2. The van der Waals surface area contributed by atoms with Crippen LogP contribution in [0.3, 0.4) is 0 Å². The van der Waals surface area contributed by atoms with Crippen LogP contribution in [0.25, 0.3) is 0 Å². The topological polar surface area (TPSA) is 55.4 Å². The SMILES string of the molecule is CCC[C@](C)(NC(=O)CCl)C(=O)OC. The van der Waals surface area contributed by atoms with Crippen molar-refractivity contribution in [2.24, 2.45) is 0 Å². The van der Waals surface area contributed by atoms with Crippen molar-refractivity contribution in [2.75, 3.05) is 13.0 Å². The first-order valence-electron chi connectivity index (χ1n) is 4.45. The van der Waals surface area contributed by atoms with Gasteiger partial charge in [-0.15, -0.1) is 11.6 Å². The van der Waals surface area contributed by atoms with Crippen molar-refractivity contribution < 1.29 is 14.3 Å². The molecule has 0 saturated carbocycles. The zero-order valence-electron chi connectivity index (χ0n) is 8.72. The van der Waals surface area contributed by atoms with Gasteiger partial charge in [-0.05, 0) is 13.3 Å². The van der Waals surface area contributed by atoms with Crippen molar-refractivity contribution in [3.8, 4) is 0 Å². The number of amides is 1. The smallest absolute Gasteiger partial charge is 0.331 e. The molecule has 0 spiro atoms. The zero-order valence-corrected chi connectivity index (χ0v) is 9.48. The lowest BCUT2D eigenvalue weighted by molar-refractivity contribution is -0.150. The summed E-state index contributed by atoms with van der Waals surface area (Å²) in [5, 5.41) is 2.55. The van der Waals surface area contributed by atoms with Gasteiger partial charge in [-0.2, -0.15) is 0 Å². The van der Waals surface area contributed by atoms with Crippen molar-refractivity contribution in [3.63, 3.8) is 0 Å². The Hall–Kier alpha value is -0.770. The monoisotopic (exact) mass is 221 g/mol. The summed E-state index contributed by atoms with van der Waals surface area (Å²) in [7, 11) is 1.29. The third kappa shape index (κ3) is 3.54. The van der Waals surface area contributed by atoms with Gasteiger partial charge in [-0.25, -0.2) is 4.79 Å². The molecule has 14 heavy (non-hydrogen) atoms. The first-order valence-corrected chi connectivity index (χ1v) is 4.99. The van der Waals surface area contributed by atoms with Crippen LogP contribution in [0.1, 0.15) is 26.7 Å². The Morgan fingerprint density at radius 1 is 1.50 bits per heavy atom. The third-order valence-electron chi connectivity index (χ3n) is 1.92. The van der Waals surface area contributed by atoms with E-state index in [1.807, 2.05) is 6.92 Å². The lowest BCUT2D eigenvalue weighted by atomic mass is 9.96. The van der Waals surface area contributed by atoms with Crippen LogP contribution in [0, 0.1) is 0 Å². The second kappa shape index (κ2) is 5.86. The number of nitrogens with one attached hydrogen (secondary N) is 1. The molecule has 82 valence electrons. The molecule has 0 fully saturated rings. The van der Waals surface area contributed by atoms with Gasteiger partial charge in [0.2, 0.25) is 5.91 Å². The van der Waals surface area contributed by atoms with E-state index in [1.165, 1.54) is 7.11 Å². The molecule has 0 aliphatic heterocycles. The first-order chi connectivity index (χ1) is 6.50. The first kappa shape index (κ1) is 13.2. The van der Waals surface area contributed by atoms with Crippen LogP contribution >= 0.6 is 11.6 Å². The molecule has 5 heteroatoms. The van der Waals surface area contributed by atoms with Gasteiger partial charge >= 0.3 is 5.97 Å². The van der Waals surface area contributed by atoms with Crippen LogP contribution in [0.2, 0.25) is 0 Å². The number of ether oxygens (including phenoxy) is 1. The second-order valence-corrected chi connectivity index (χ2v) is 3.52. The van der Waals surface area contributed by atoms with Crippen LogP contribution < -0.4 is 5.32 Å². The highest BCUT2D eigenvalue weighted by molar-refractivity contribution is 6.27. The Labute approximate surface area is 88.9 Å². The van der Waals surface area contributed by atoms with Crippen molar-refractivity contribution in [2.45, 2.75) is 32.2 Å². The summed E-state index contributed by atoms with van der Waals surface area (Å²) in [4.78, 5) is 22.5. The van der Waals surface area contributed by atoms with Gasteiger partial charge in [0.25, 0.3) is 0 Å². The fourth-order valence-corrected chi connectivity index (χ4v) is 1.35. The van der Waals surface area contributed by atoms with E-state index in [0.29, 0.717) is 6.42 Å². The number of carbonyl (C=O) groups is 2. The normalized spacial score (nSPS) is 14.3. The van der Waals surface area contributed by atoms with E-state index in [0.717, 1.165) is 6.42 Å². The van der Waals surface area contributed by atoms with Gasteiger partial charge in [0, 0.05) is 0 Å². The molecule has 0 aromatic heterocycles. The van der Waals surface area contributed by atoms with E-state index in [-0.39, 0.29) is 11.8 Å². The molecule has 0 heterocycles. The fraction of sp³-hybridized carbons (Fsp3) is 0.778. The molecule has 0 saturated heterocycles. The van der Waals surface area contributed by atoms with Gasteiger partial charge < -0.3 is 10.1 Å². The molecule has 0 bridgehead atoms. The average molecular weight is 222 g/mol. The minimum atomic E-state index is -0.963. The minimum Gasteiger partial charge on any atom is -0.467 e. The molecular weight excluding hydrogens is 206 g/mol. The van der Waals surface area contributed by atoms with Gasteiger partial charge in [-0.1, -0.05) is 13.3 Å². The molecular formula is C9H16ClNO3. The molecule has 0 unspecified atom stereocenters. The van der Waals surface area contributed by atoms with Crippen molar-refractivity contribution in [1.82, 2.24) is 5.32 Å². The van der Waals surface area contributed by atoms with Crippen molar-refractivity contribution >= 4 is 23.5 Å². The average Bonchev–Trinajstić information content (AvgIpc) is 2.16. The van der Waals surface area contributed by atoms with E-state index in [4.69, 9.17) is 11.6 Å².